The van der Waals surface area contributed by atoms with E-state index in [4.69, 9.17) is 11.6 Å². The Labute approximate surface area is 124 Å². The molecule has 0 atom stereocenters. The van der Waals surface area contributed by atoms with Gasteiger partial charge >= 0.3 is 0 Å². The van der Waals surface area contributed by atoms with E-state index in [-0.39, 0.29) is 5.41 Å². The van der Waals surface area contributed by atoms with Gasteiger partial charge in [-0.05, 0) is 31.0 Å². The van der Waals surface area contributed by atoms with Gasteiger partial charge in [-0.15, -0.1) is 0 Å². The van der Waals surface area contributed by atoms with Crippen LogP contribution in [0, 0.1) is 25.2 Å². The van der Waals surface area contributed by atoms with Crippen molar-refractivity contribution in [3.05, 3.63) is 45.7 Å². The molecule has 4 heteroatoms. The lowest BCUT2D eigenvalue weighted by Gasteiger charge is -2.15. The van der Waals surface area contributed by atoms with Crippen LogP contribution in [-0.2, 0) is 5.41 Å². The number of rotatable bonds is 1. The highest BCUT2D eigenvalue weighted by Crippen LogP contribution is 2.32. The Morgan fingerprint density at radius 2 is 1.90 bits per heavy atom. The van der Waals surface area contributed by atoms with Crippen molar-refractivity contribution in [1.29, 1.82) is 5.26 Å². The van der Waals surface area contributed by atoms with E-state index in [0.717, 1.165) is 22.5 Å². The van der Waals surface area contributed by atoms with Crippen LogP contribution in [0.3, 0.4) is 0 Å². The zero-order valence-electron chi connectivity index (χ0n) is 12.5. The third-order valence-corrected chi connectivity index (χ3v) is 3.59. The maximum Gasteiger partial charge on any atom is 0.150 e. The quantitative estimate of drug-likeness (QED) is 0.784. The molecule has 0 aliphatic carbocycles. The smallest absolute Gasteiger partial charge is 0.150 e. The Morgan fingerprint density at radius 3 is 2.40 bits per heavy atom. The third kappa shape index (κ3) is 2.44. The SMILES string of the molecule is Cc1ccc(C)c(-n2nc(C(C)(C)C)c(C#N)c2Cl)c1. The van der Waals surface area contributed by atoms with Crippen LogP contribution >= 0.6 is 11.6 Å². The molecule has 0 N–H and O–H groups in total. The van der Waals surface area contributed by atoms with Crippen molar-refractivity contribution in [1.82, 2.24) is 9.78 Å². The van der Waals surface area contributed by atoms with Gasteiger partial charge in [-0.25, -0.2) is 4.68 Å². The predicted molar refractivity (Wildman–Crippen MR) is 81.5 cm³/mol. The van der Waals surface area contributed by atoms with Crippen LogP contribution in [0.2, 0.25) is 5.15 Å². The average molecular weight is 288 g/mol. The Morgan fingerprint density at radius 1 is 1.25 bits per heavy atom. The maximum absolute atomic E-state index is 9.36. The summed E-state index contributed by atoms with van der Waals surface area (Å²) in [5.41, 5.74) is 4.09. The average Bonchev–Trinajstić information content (AvgIpc) is 2.69. The summed E-state index contributed by atoms with van der Waals surface area (Å²) in [6.07, 6.45) is 0. The van der Waals surface area contributed by atoms with Crippen LogP contribution in [0.15, 0.2) is 18.2 Å². The van der Waals surface area contributed by atoms with Crippen LogP contribution in [0.1, 0.15) is 43.2 Å². The summed E-state index contributed by atoms with van der Waals surface area (Å²) in [6, 6.07) is 8.29. The second kappa shape index (κ2) is 4.96. The Balaban J connectivity index is 2.74. The zero-order chi connectivity index (χ0) is 15.1. The number of nitriles is 1. The molecule has 1 aromatic carbocycles. The van der Waals surface area contributed by atoms with Crippen LogP contribution in [0.4, 0.5) is 0 Å². The fourth-order valence-electron chi connectivity index (χ4n) is 2.13. The van der Waals surface area contributed by atoms with Gasteiger partial charge in [0.25, 0.3) is 0 Å². The van der Waals surface area contributed by atoms with Crippen LogP contribution in [0.25, 0.3) is 5.69 Å². The highest BCUT2D eigenvalue weighted by molar-refractivity contribution is 6.31. The summed E-state index contributed by atoms with van der Waals surface area (Å²) in [5.74, 6) is 0. The Kier molecular flexibility index (Phi) is 3.62. The molecule has 1 aromatic heterocycles. The van der Waals surface area contributed by atoms with Crippen LogP contribution < -0.4 is 0 Å². The summed E-state index contributed by atoms with van der Waals surface area (Å²) in [6.45, 7) is 10.1. The first kappa shape index (κ1) is 14.6. The van der Waals surface area contributed by atoms with E-state index in [1.54, 1.807) is 4.68 Å². The molecule has 0 fully saturated rings. The van der Waals surface area contributed by atoms with Gasteiger partial charge in [-0.1, -0.05) is 44.5 Å². The summed E-state index contributed by atoms with van der Waals surface area (Å²) in [5, 5.41) is 14.3. The normalized spacial score (nSPS) is 11.4. The molecule has 2 rings (SSSR count). The van der Waals surface area contributed by atoms with Gasteiger partial charge in [-0.2, -0.15) is 10.4 Å². The van der Waals surface area contributed by atoms with E-state index in [1.807, 2.05) is 52.8 Å². The zero-order valence-corrected chi connectivity index (χ0v) is 13.2. The number of halogens is 1. The molecule has 0 aliphatic heterocycles. The molecule has 0 spiro atoms. The predicted octanol–water partition coefficient (Wildman–Crippen LogP) is 4.31. The lowest BCUT2D eigenvalue weighted by atomic mass is 9.90. The maximum atomic E-state index is 9.36. The minimum absolute atomic E-state index is 0.225. The van der Waals surface area contributed by atoms with E-state index in [2.05, 4.69) is 11.2 Å². The molecule has 0 bridgehead atoms. The number of benzene rings is 1. The van der Waals surface area contributed by atoms with Gasteiger partial charge in [0.05, 0.1) is 11.4 Å². The van der Waals surface area contributed by atoms with Gasteiger partial charge < -0.3 is 0 Å². The summed E-state index contributed by atoms with van der Waals surface area (Å²) in [4.78, 5) is 0. The molecule has 1 heterocycles. The molecular formula is C16H18ClN3. The van der Waals surface area contributed by atoms with Gasteiger partial charge in [0.2, 0.25) is 0 Å². The van der Waals surface area contributed by atoms with Crippen LogP contribution in [0.5, 0.6) is 0 Å². The van der Waals surface area contributed by atoms with E-state index in [9.17, 15) is 5.26 Å². The van der Waals surface area contributed by atoms with Gasteiger partial charge in [0.1, 0.15) is 11.6 Å². The first-order valence-corrected chi connectivity index (χ1v) is 6.90. The molecule has 0 saturated heterocycles. The first-order valence-electron chi connectivity index (χ1n) is 6.52. The van der Waals surface area contributed by atoms with E-state index in [0.29, 0.717) is 10.7 Å². The van der Waals surface area contributed by atoms with E-state index in [1.165, 1.54) is 0 Å². The molecule has 0 aliphatic rings. The number of nitrogens with zero attached hydrogens (tertiary/aromatic N) is 3. The van der Waals surface area contributed by atoms with Gasteiger partial charge in [0.15, 0.2) is 5.15 Å². The van der Waals surface area contributed by atoms with Crippen molar-refractivity contribution >= 4 is 11.6 Å². The lowest BCUT2D eigenvalue weighted by molar-refractivity contribution is 0.559. The standard InChI is InChI=1S/C16H18ClN3/c1-10-6-7-11(2)13(8-10)20-15(17)12(9-18)14(19-20)16(3,4)5/h6-8H,1-5H3. The Bertz CT molecular complexity index is 700. The fraction of sp³-hybridized carbons (Fsp3) is 0.375. The molecule has 0 radical (unpaired) electrons. The second-order valence-electron chi connectivity index (χ2n) is 6.08. The number of aryl methyl sites for hydroxylation is 2. The van der Waals surface area contributed by atoms with Crippen molar-refractivity contribution in [3.63, 3.8) is 0 Å². The summed E-state index contributed by atoms with van der Waals surface area (Å²) < 4.78 is 1.67. The topological polar surface area (TPSA) is 41.6 Å². The highest BCUT2D eigenvalue weighted by Gasteiger charge is 2.27. The second-order valence-corrected chi connectivity index (χ2v) is 6.44. The number of aromatic nitrogens is 2. The lowest BCUT2D eigenvalue weighted by Crippen LogP contribution is -2.14. The summed E-state index contributed by atoms with van der Waals surface area (Å²) >= 11 is 6.37. The molecular weight excluding hydrogens is 270 g/mol. The first-order chi connectivity index (χ1) is 9.25. The minimum atomic E-state index is -0.225. The van der Waals surface area contributed by atoms with Crippen LogP contribution in [-0.4, -0.2) is 9.78 Å². The van der Waals surface area contributed by atoms with Crippen molar-refractivity contribution < 1.29 is 0 Å². The van der Waals surface area contributed by atoms with Gasteiger partial charge in [0, 0.05) is 5.41 Å². The monoisotopic (exact) mass is 287 g/mol. The molecule has 3 nitrogen and oxygen atoms in total. The molecule has 0 unspecified atom stereocenters. The van der Waals surface area contributed by atoms with Crippen molar-refractivity contribution in [2.75, 3.05) is 0 Å². The molecule has 104 valence electrons. The van der Waals surface area contributed by atoms with Crippen molar-refractivity contribution in [3.8, 4) is 11.8 Å². The number of hydrogen-bond acceptors (Lipinski definition) is 2. The fourth-order valence-corrected chi connectivity index (χ4v) is 2.39. The van der Waals surface area contributed by atoms with E-state index < -0.39 is 0 Å². The molecule has 2 aromatic rings. The highest BCUT2D eigenvalue weighted by atomic mass is 35.5. The van der Waals surface area contributed by atoms with Gasteiger partial charge in [-0.3, -0.25) is 0 Å². The van der Waals surface area contributed by atoms with Crippen molar-refractivity contribution in [2.24, 2.45) is 0 Å². The van der Waals surface area contributed by atoms with E-state index >= 15 is 0 Å². The third-order valence-electron chi connectivity index (χ3n) is 3.24. The summed E-state index contributed by atoms with van der Waals surface area (Å²) in [7, 11) is 0. The number of hydrogen-bond donors (Lipinski definition) is 0. The molecule has 0 saturated carbocycles. The molecule has 0 amide bonds. The Hall–Kier alpha value is -1.79. The molecule has 20 heavy (non-hydrogen) atoms. The van der Waals surface area contributed by atoms with Crippen molar-refractivity contribution in [2.45, 2.75) is 40.0 Å². The largest absolute Gasteiger partial charge is 0.220 e. The minimum Gasteiger partial charge on any atom is -0.220 e.